The lowest BCUT2D eigenvalue weighted by Gasteiger charge is -2.06. The van der Waals surface area contributed by atoms with Crippen molar-refractivity contribution in [1.29, 1.82) is 0 Å². The van der Waals surface area contributed by atoms with E-state index in [1.807, 2.05) is 48.7 Å². The fourth-order valence-electron chi connectivity index (χ4n) is 2.36. The molecular formula is C18H12N2S. The Bertz CT molecular complexity index is 920. The standard InChI is InChI=1S/C18H12N2S/c1-2-7-14(8-3-1)21-18-15-12-13-6-4-5-9-16(13)20-17(15)10-11-19-18/h1-12H. The van der Waals surface area contributed by atoms with Crippen LogP contribution in [-0.4, -0.2) is 9.97 Å². The molecular weight excluding hydrogens is 276 g/mol. The molecule has 0 bridgehead atoms. The number of benzene rings is 2. The van der Waals surface area contributed by atoms with Gasteiger partial charge in [0.1, 0.15) is 5.03 Å². The maximum atomic E-state index is 4.73. The summed E-state index contributed by atoms with van der Waals surface area (Å²) in [5, 5.41) is 3.25. The van der Waals surface area contributed by atoms with Gasteiger partial charge in [0.15, 0.2) is 0 Å². The Kier molecular flexibility index (Phi) is 3.05. The third kappa shape index (κ3) is 2.36. The predicted molar refractivity (Wildman–Crippen MR) is 87.6 cm³/mol. The fourth-order valence-corrected chi connectivity index (χ4v) is 3.26. The second-order valence-corrected chi connectivity index (χ2v) is 5.84. The molecule has 4 aromatic rings. The van der Waals surface area contributed by atoms with Crippen LogP contribution in [-0.2, 0) is 0 Å². The summed E-state index contributed by atoms with van der Waals surface area (Å²) in [5.41, 5.74) is 2.01. The lowest BCUT2D eigenvalue weighted by Crippen LogP contribution is -1.87. The average Bonchev–Trinajstić information content (AvgIpc) is 2.54. The highest BCUT2D eigenvalue weighted by atomic mass is 32.2. The van der Waals surface area contributed by atoms with Gasteiger partial charge in [-0.25, -0.2) is 9.97 Å². The molecule has 0 atom stereocenters. The minimum atomic E-state index is 0.988. The summed E-state index contributed by atoms with van der Waals surface area (Å²) in [4.78, 5) is 10.4. The van der Waals surface area contributed by atoms with Crippen LogP contribution in [0.15, 0.2) is 82.8 Å². The molecule has 0 N–H and O–H groups in total. The molecule has 0 radical (unpaired) electrons. The lowest BCUT2D eigenvalue weighted by molar-refractivity contribution is 1.17. The molecule has 100 valence electrons. The molecule has 4 rings (SSSR count). The van der Waals surface area contributed by atoms with Gasteiger partial charge in [0.2, 0.25) is 0 Å². The van der Waals surface area contributed by atoms with Gasteiger partial charge in [0, 0.05) is 21.9 Å². The average molecular weight is 288 g/mol. The van der Waals surface area contributed by atoms with E-state index in [-0.39, 0.29) is 0 Å². The topological polar surface area (TPSA) is 25.8 Å². The van der Waals surface area contributed by atoms with Gasteiger partial charge in [-0.3, -0.25) is 0 Å². The Hall–Kier alpha value is -2.39. The maximum absolute atomic E-state index is 4.73. The molecule has 3 heteroatoms. The first kappa shape index (κ1) is 12.4. The van der Waals surface area contributed by atoms with Gasteiger partial charge < -0.3 is 0 Å². The van der Waals surface area contributed by atoms with Crippen LogP contribution in [0.5, 0.6) is 0 Å². The van der Waals surface area contributed by atoms with Gasteiger partial charge in [-0.05, 0) is 30.3 Å². The molecule has 0 saturated heterocycles. The number of para-hydroxylation sites is 1. The summed E-state index contributed by atoms with van der Waals surface area (Å²) >= 11 is 1.67. The highest BCUT2D eigenvalue weighted by Gasteiger charge is 2.07. The number of hydrogen-bond donors (Lipinski definition) is 0. The Morgan fingerprint density at radius 2 is 1.57 bits per heavy atom. The largest absolute Gasteiger partial charge is 0.249 e. The van der Waals surface area contributed by atoms with E-state index in [0.29, 0.717) is 0 Å². The SMILES string of the molecule is c1ccc(Sc2nccc3nc4ccccc4cc23)cc1. The van der Waals surface area contributed by atoms with Crippen molar-refractivity contribution in [3.63, 3.8) is 0 Å². The fraction of sp³-hybridized carbons (Fsp3) is 0. The van der Waals surface area contributed by atoms with E-state index in [1.165, 1.54) is 4.90 Å². The molecule has 0 spiro atoms. The van der Waals surface area contributed by atoms with Gasteiger partial charge >= 0.3 is 0 Å². The number of fused-ring (bicyclic) bond motifs is 2. The number of nitrogens with zero attached hydrogens (tertiary/aromatic N) is 2. The summed E-state index contributed by atoms with van der Waals surface area (Å²) in [7, 11) is 0. The summed E-state index contributed by atoms with van der Waals surface area (Å²) < 4.78 is 0. The molecule has 0 unspecified atom stereocenters. The quantitative estimate of drug-likeness (QED) is 0.489. The maximum Gasteiger partial charge on any atom is 0.110 e. The monoisotopic (exact) mass is 288 g/mol. The number of hydrogen-bond acceptors (Lipinski definition) is 3. The van der Waals surface area contributed by atoms with E-state index in [9.17, 15) is 0 Å². The molecule has 0 fully saturated rings. The first-order chi connectivity index (χ1) is 10.4. The van der Waals surface area contributed by atoms with Crippen molar-refractivity contribution in [2.45, 2.75) is 9.92 Å². The Morgan fingerprint density at radius 1 is 0.762 bits per heavy atom. The molecule has 2 aromatic carbocycles. The van der Waals surface area contributed by atoms with E-state index >= 15 is 0 Å². The van der Waals surface area contributed by atoms with Gasteiger partial charge in [-0.15, -0.1) is 0 Å². The second kappa shape index (κ2) is 5.19. The smallest absolute Gasteiger partial charge is 0.110 e. The molecule has 2 aromatic heterocycles. The zero-order chi connectivity index (χ0) is 14.1. The van der Waals surface area contributed by atoms with E-state index < -0.39 is 0 Å². The molecule has 2 nitrogen and oxygen atoms in total. The van der Waals surface area contributed by atoms with Crippen LogP contribution in [0.1, 0.15) is 0 Å². The van der Waals surface area contributed by atoms with Crippen molar-refractivity contribution < 1.29 is 0 Å². The zero-order valence-corrected chi connectivity index (χ0v) is 12.0. The van der Waals surface area contributed by atoms with Crippen molar-refractivity contribution in [3.05, 3.63) is 72.9 Å². The summed E-state index contributed by atoms with van der Waals surface area (Å²) in [6.45, 7) is 0. The first-order valence-corrected chi connectivity index (χ1v) is 7.59. The molecule has 0 aliphatic heterocycles. The molecule has 21 heavy (non-hydrogen) atoms. The van der Waals surface area contributed by atoms with Crippen LogP contribution < -0.4 is 0 Å². The first-order valence-electron chi connectivity index (χ1n) is 6.77. The van der Waals surface area contributed by atoms with Crippen molar-refractivity contribution in [1.82, 2.24) is 9.97 Å². The predicted octanol–water partition coefficient (Wildman–Crippen LogP) is 4.93. The molecule has 0 saturated carbocycles. The van der Waals surface area contributed by atoms with E-state index in [4.69, 9.17) is 4.98 Å². The van der Waals surface area contributed by atoms with E-state index in [0.717, 1.165) is 26.8 Å². The molecule has 0 aliphatic carbocycles. The Morgan fingerprint density at radius 3 is 2.48 bits per heavy atom. The minimum absolute atomic E-state index is 0.988. The molecule has 2 heterocycles. The van der Waals surface area contributed by atoms with Crippen LogP contribution in [0.2, 0.25) is 0 Å². The third-order valence-electron chi connectivity index (χ3n) is 3.37. The summed E-state index contributed by atoms with van der Waals surface area (Å²) in [5.74, 6) is 0. The van der Waals surface area contributed by atoms with Crippen molar-refractivity contribution in [3.8, 4) is 0 Å². The van der Waals surface area contributed by atoms with E-state index in [1.54, 1.807) is 11.8 Å². The molecule has 0 aliphatic rings. The van der Waals surface area contributed by atoms with Crippen molar-refractivity contribution in [2.24, 2.45) is 0 Å². The van der Waals surface area contributed by atoms with Crippen LogP contribution in [0.3, 0.4) is 0 Å². The van der Waals surface area contributed by atoms with Crippen molar-refractivity contribution in [2.75, 3.05) is 0 Å². The van der Waals surface area contributed by atoms with Crippen molar-refractivity contribution >= 4 is 33.6 Å². The van der Waals surface area contributed by atoms with E-state index in [2.05, 4.69) is 29.2 Å². The Balaban J connectivity index is 1.90. The summed E-state index contributed by atoms with van der Waals surface area (Å²) in [6, 6.07) is 22.6. The second-order valence-electron chi connectivity index (χ2n) is 4.78. The molecule has 0 amide bonds. The minimum Gasteiger partial charge on any atom is -0.249 e. The highest BCUT2D eigenvalue weighted by Crippen LogP contribution is 2.32. The number of pyridine rings is 2. The van der Waals surface area contributed by atoms with Crippen LogP contribution in [0.4, 0.5) is 0 Å². The van der Waals surface area contributed by atoms with Gasteiger partial charge in [0.25, 0.3) is 0 Å². The van der Waals surface area contributed by atoms with Gasteiger partial charge in [-0.1, -0.05) is 48.2 Å². The number of aromatic nitrogens is 2. The zero-order valence-electron chi connectivity index (χ0n) is 11.2. The van der Waals surface area contributed by atoms with Crippen LogP contribution in [0.25, 0.3) is 21.8 Å². The third-order valence-corrected chi connectivity index (χ3v) is 4.39. The Labute approximate surface area is 126 Å². The van der Waals surface area contributed by atoms with Gasteiger partial charge in [-0.2, -0.15) is 0 Å². The number of rotatable bonds is 2. The lowest BCUT2D eigenvalue weighted by atomic mass is 10.1. The van der Waals surface area contributed by atoms with Crippen LogP contribution >= 0.6 is 11.8 Å². The highest BCUT2D eigenvalue weighted by molar-refractivity contribution is 7.99. The van der Waals surface area contributed by atoms with Gasteiger partial charge in [0.05, 0.1) is 11.0 Å². The normalized spacial score (nSPS) is 11.0. The summed E-state index contributed by atoms with van der Waals surface area (Å²) in [6.07, 6.45) is 1.83. The van der Waals surface area contributed by atoms with Crippen LogP contribution in [0, 0.1) is 0 Å².